The van der Waals surface area contributed by atoms with E-state index in [0.717, 1.165) is 6.42 Å². The van der Waals surface area contributed by atoms with Crippen LogP contribution in [0.2, 0.25) is 0 Å². The second-order valence-electron chi connectivity index (χ2n) is 5.49. The fourth-order valence-electron chi connectivity index (χ4n) is 2.46. The monoisotopic (exact) mass is 334 g/mol. The van der Waals surface area contributed by atoms with Crippen molar-refractivity contribution in [2.45, 2.75) is 26.0 Å². The summed E-state index contributed by atoms with van der Waals surface area (Å²) < 4.78 is 1.38. The summed E-state index contributed by atoms with van der Waals surface area (Å²) in [5.74, 6) is -0.649. The molecule has 0 aromatic carbocycles. The molecule has 3 heterocycles. The van der Waals surface area contributed by atoms with Gasteiger partial charge in [0, 0.05) is 24.0 Å². The molecule has 2 amide bonds. The Labute approximate surface area is 137 Å². The first-order valence-electron chi connectivity index (χ1n) is 7.40. The first-order chi connectivity index (χ1) is 11.0. The molecule has 0 saturated heterocycles. The van der Waals surface area contributed by atoms with Gasteiger partial charge < -0.3 is 15.7 Å². The lowest BCUT2D eigenvalue weighted by Gasteiger charge is -2.06. The highest BCUT2D eigenvalue weighted by Crippen LogP contribution is 2.15. The number of fused-ring (bicyclic) bond motifs is 1. The maximum Gasteiger partial charge on any atom is 0.271 e. The minimum atomic E-state index is -0.710. The Hall–Kier alpha value is -2.19. The third kappa shape index (κ3) is 3.43. The summed E-state index contributed by atoms with van der Waals surface area (Å²) in [5.41, 5.74) is 1.71. The lowest BCUT2D eigenvalue weighted by Crippen LogP contribution is -2.30. The van der Waals surface area contributed by atoms with E-state index in [1.54, 1.807) is 11.3 Å². The van der Waals surface area contributed by atoms with Gasteiger partial charge >= 0.3 is 0 Å². The zero-order valence-electron chi connectivity index (χ0n) is 12.7. The van der Waals surface area contributed by atoms with E-state index in [1.165, 1.54) is 21.2 Å². The molecule has 1 unspecified atom stereocenters. The van der Waals surface area contributed by atoms with Gasteiger partial charge in [0.25, 0.3) is 11.8 Å². The number of nitrogens with zero attached hydrogens (tertiary/aromatic N) is 2. The third-order valence-corrected chi connectivity index (χ3v) is 4.82. The lowest BCUT2D eigenvalue weighted by atomic mass is 10.2. The van der Waals surface area contributed by atoms with E-state index in [-0.39, 0.29) is 30.6 Å². The summed E-state index contributed by atoms with van der Waals surface area (Å²) in [6.07, 6.45) is 0.0555. The van der Waals surface area contributed by atoms with Crippen LogP contribution in [0.25, 0.3) is 0 Å². The van der Waals surface area contributed by atoms with Crippen LogP contribution in [0.4, 0.5) is 0 Å². The molecule has 0 spiro atoms. The Kier molecular flexibility index (Phi) is 4.44. The first kappa shape index (κ1) is 15.7. The van der Waals surface area contributed by atoms with E-state index in [1.807, 2.05) is 12.3 Å². The number of nitrogens with one attached hydrogen (secondary N) is 2. The summed E-state index contributed by atoms with van der Waals surface area (Å²) in [5, 5.41) is 21.3. The topological polar surface area (TPSA) is 96.2 Å². The number of carbonyl (C=O) groups is 2. The Morgan fingerprint density at radius 2 is 2.43 bits per heavy atom. The van der Waals surface area contributed by atoms with Gasteiger partial charge in [0.15, 0.2) is 5.69 Å². The zero-order valence-corrected chi connectivity index (χ0v) is 13.5. The molecule has 1 atom stereocenters. The van der Waals surface area contributed by atoms with Crippen molar-refractivity contribution in [3.8, 4) is 0 Å². The maximum absolute atomic E-state index is 12.2. The maximum atomic E-state index is 12.2. The van der Waals surface area contributed by atoms with Crippen molar-refractivity contribution in [3.63, 3.8) is 0 Å². The Morgan fingerprint density at radius 3 is 3.17 bits per heavy atom. The highest BCUT2D eigenvalue weighted by Gasteiger charge is 2.24. The molecule has 7 nitrogen and oxygen atoms in total. The summed E-state index contributed by atoms with van der Waals surface area (Å²) in [4.78, 5) is 25.3. The van der Waals surface area contributed by atoms with Crippen LogP contribution < -0.4 is 10.6 Å². The second kappa shape index (κ2) is 6.51. The fourth-order valence-corrected chi connectivity index (χ4v) is 3.37. The van der Waals surface area contributed by atoms with E-state index in [2.05, 4.69) is 21.8 Å². The van der Waals surface area contributed by atoms with Crippen molar-refractivity contribution < 1.29 is 14.7 Å². The van der Waals surface area contributed by atoms with Crippen LogP contribution in [-0.4, -0.2) is 45.9 Å². The highest BCUT2D eigenvalue weighted by molar-refractivity contribution is 7.10. The van der Waals surface area contributed by atoms with Crippen LogP contribution >= 0.6 is 11.3 Å². The van der Waals surface area contributed by atoms with E-state index in [4.69, 9.17) is 0 Å². The van der Waals surface area contributed by atoms with Gasteiger partial charge in [-0.1, -0.05) is 0 Å². The normalized spacial score (nSPS) is 17.3. The molecule has 3 N–H and O–H groups in total. The minimum Gasteiger partial charge on any atom is -0.389 e. The highest BCUT2D eigenvalue weighted by atomic mass is 32.1. The number of hydrogen-bond acceptors (Lipinski definition) is 5. The predicted octanol–water partition coefficient (Wildman–Crippen LogP) is 0.330. The van der Waals surface area contributed by atoms with Crippen molar-refractivity contribution in [2.75, 3.05) is 13.1 Å². The standard InChI is InChI=1S/C15H18N4O3S/c1-9-3-5-23-13(9)2-4-16-14(21)11-6-12-15(22)17-7-10(20)8-19(12)18-11/h3,5-6,10,20H,2,4,7-8H2,1H3,(H,16,21)(H,17,22). The molecule has 2 aromatic rings. The molecule has 0 bridgehead atoms. The molecule has 8 heteroatoms. The van der Waals surface area contributed by atoms with Crippen molar-refractivity contribution in [1.82, 2.24) is 20.4 Å². The molecule has 1 aliphatic heterocycles. The van der Waals surface area contributed by atoms with Gasteiger partial charge in [0.05, 0.1) is 12.6 Å². The molecule has 3 rings (SSSR count). The zero-order chi connectivity index (χ0) is 16.4. The molecule has 122 valence electrons. The largest absolute Gasteiger partial charge is 0.389 e. The first-order valence-corrected chi connectivity index (χ1v) is 8.28. The van der Waals surface area contributed by atoms with Crippen molar-refractivity contribution in [2.24, 2.45) is 0 Å². The summed E-state index contributed by atoms with van der Waals surface area (Å²) in [6, 6.07) is 3.51. The predicted molar refractivity (Wildman–Crippen MR) is 85.7 cm³/mol. The molecule has 23 heavy (non-hydrogen) atoms. The van der Waals surface area contributed by atoms with Gasteiger partial charge in [-0.2, -0.15) is 5.10 Å². The summed E-state index contributed by atoms with van der Waals surface area (Å²) in [6.45, 7) is 2.93. The van der Waals surface area contributed by atoms with Crippen LogP contribution in [0.3, 0.4) is 0 Å². The van der Waals surface area contributed by atoms with Crippen molar-refractivity contribution in [3.05, 3.63) is 39.3 Å². The van der Waals surface area contributed by atoms with E-state index >= 15 is 0 Å². The summed E-state index contributed by atoms with van der Waals surface area (Å²) in [7, 11) is 0. The van der Waals surface area contributed by atoms with Crippen LogP contribution in [-0.2, 0) is 13.0 Å². The van der Waals surface area contributed by atoms with Gasteiger partial charge in [-0.05, 0) is 30.4 Å². The molecule has 2 aromatic heterocycles. The molecule has 0 aliphatic carbocycles. The van der Waals surface area contributed by atoms with Crippen LogP contribution in [0.5, 0.6) is 0 Å². The molecular weight excluding hydrogens is 316 g/mol. The van der Waals surface area contributed by atoms with E-state index in [0.29, 0.717) is 12.2 Å². The Balaban J connectivity index is 1.64. The average Bonchev–Trinajstić information content (AvgIpc) is 3.09. The minimum absolute atomic E-state index is 0.184. The van der Waals surface area contributed by atoms with E-state index < -0.39 is 6.10 Å². The van der Waals surface area contributed by atoms with Crippen LogP contribution in [0, 0.1) is 6.92 Å². The number of aryl methyl sites for hydroxylation is 1. The number of carbonyl (C=O) groups excluding carboxylic acids is 2. The van der Waals surface area contributed by atoms with Gasteiger partial charge in [-0.15, -0.1) is 11.3 Å². The number of rotatable bonds is 4. The third-order valence-electron chi connectivity index (χ3n) is 3.73. The van der Waals surface area contributed by atoms with Gasteiger partial charge in [-0.3, -0.25) is 14.3 Å². The van der Waals surface area contributed by atoms with E-state index in [9.17, 15) is 14.7 Å². The number of aliphatic hydroxyl groups excluding tert-OH is 1. The number of β-amino-alcohol motifs (C(OH)–C–C–N with tert-alkyl or cyclic N) is 1. The van der Waals surface area contributed by atoms with Gasteiger partial charge in [0.2, 0.25) is 0 Å². The lowest BCUT2D eigenvalue weighted by molar-refractivity contribution is 0.0931. The second-order valence-corrected chi connectivity index (χ2v) is 6.49. The number of amides is 2. The SMILES string of the molecule is Cc1ccsc1CCNC(=O)c1cc2n(n1)CC(O)CNC2=O. The molecule has 0 fully saturated rings. The smallest absolute Gasteiger partial charge is 0.271 e. The van der Waals surface area contributed by atoms with Crippen LogP contribution in [0.1, 0.15) is 31.4 Å². The number of aliphatic hydroxyl groups is 1. The number of hydrogen-bond donors (Lipinski definition) is 3. The van der Waals surface area contributed by atoms with Gasteiger partial charge in [0.1, 0.15) is 5.69 Å². The fraction of sp³-hybridized carbons (Fsp3) is 0.400. The molecule has 0 saturated carbocycles. The van der Waals surface area contributed by atoms with Crippen molar-refractivity contribution in [1.29, 1.82) is 0 Å². The number of thiophene rings is 1. The summed E-state index contributed by atoms with van der Waals surface area (Å²) >= 11 is 1.67. The van der Waals surface area contributed by atoms with Crippen molar-refractivity contribution >= 4 is 23.2 Å². The Morgan fingerprint density at radius 1 is 1.61 bits per heavy atom. The van der Waals surface area contributed by atoms with Crippen LogP contribution in [0.15, 0.2) is 17.5 Å². The molecular formula is C15H18N4O3S. The average molecular weight is 334 g/mol. The quantitative estimate of drug-likeness (QED) is 0.751. The molecule has 1 aliphatic rings. The number of aromatic nitrogens is 2. The van der Waals surface area contributed by atoms with Gasteiger partial charge in [-0.25, -0.2) is 0 Å². The Bertz CT molecular complexity index is 737. The molecule has 0 radical (unpaired) electrons.